The van der Waals surface area contributed by atoms with Crippen molar-refractivity contribution in [3.05, 3.63) is 64.7 Å². The maximum atomic E-state index is 14.0. The molecule has 0 bridgehead atoms. The molecule has 0 aliphatic rings. The van der Waals surface area contributed by atoms with Gasteiger partial charge in [0.2, 0.25) is 11.8 Å². The molecule has 2 atom stereocenters. The summed E-state index contributed by atoms with van der Waals surface area (Å²) in [5.74, 6) is -4.74. The highest BCUT2D eigenvalue weighted by molar-refractivity contribution is 6.58. The van der Waals surface area contributed by atoms with Crippen LogP contribution in [0.4, 0.5) is 22.0 Å². The lowest BCUT2D eigenvalue weighted by Gasteiger charge is -2.23. The van der Waals surface area contributed by atoms with Crippen LogP contribution < -0.4 is 28.0 Å². The number of ketones is 1. The fraction of sp³-hybridized carbons (Fsp3) is 0.444. The van der Waals surface area contributed by atoms with Crippen LogP contribution in [0.2, 0.25) is 0 Å². The SMILES string of the molecule is NCCN(CCN)C(=O)CC[C@H](N)C(=O)N[C@H](CCc1ccc(C(F)(F)F)cc1)C(=O)Cc1cc(F)c(F)c(B(O)O)c1. The summed E-state index contributed by atoms with van der Waals surface area (Å²) in [6.45, 7) is 0.934. The molecular formula is C27H35BF5N5O5. The molecule has 10 nitrogen and oxygen atoms in total. The topological polar surface area (TPSA) is 185 Å². The first-order chi connectivity index (χ1) is 20.2. The number of hydrogen-bond donors (Lipinski definition) is 6. The number of nitrogens with zero attached hydrogens (tertiary/aromatic N) is 1. The van der Waals surface area contributed by atoms with Crippen LogP contribution in [0.5, 0.6) is 0 Å². The molecule has 43 heavy (non-hydrogen) atoms. The van der Waals surface area contributed by atoms with Crippen molar-refractivity contribution >= 4 is 30.2 Å². The average Bonchev–Trinajstić information content (AvgIpc) is 2.94. The monoisotopic (exact) mass is 615 g/mol. The Kier molecular flexibility index (Phi) is 13.7. The smallest absolute Gasteiger partial charge is 0.423 e. The Labute approximate surface area is 245 Å². The molecule has 2 rings (SSSR count). The predicted molar refractivity (Wildman–Crippen MR) is 148 cm³/mol. The highest BCUT2D eigenvalue weighted by Gasteiger charge is 2.30. The second-order valence-electron chi connectivity index (χ2n) is 9.90. The van der Waals surface area contributed by atoms with Gasteiger partial charge in [-0.25, -0.2) is 8.78 Å². The predicted octanol–water partition coefficient (Wildman–Crippen LogP) is -0.254. The zero-order valence-electron chi connectivity index (χ0n) is 23.2. The molecule has 0 saturated heterocycles. The Morgan fingerprint density at radius 1 is 0.953 bits per heavy atom. The van der Waals surface area contributed by atoms with Gasteiger partial charge in [-0.3, -0.25) is 14.4 Å². The van der Waals surface area contributed by atoms with E-state index in [4.69, 9.17) is 17.2 Å². The lowest BCUT2D eigenvalue weighted by Crippen LogP contribution is -2.49. The number of rotatable bonds is 16. The van der Waals surface area contributed by atoms with Gasteiger partial charge in [0.05, 0.1) is 17.6 Å². The Bertz CT molecular complexity index is 1240. The van der Waals surface area contributed by atoms with E-state index < -0.39 is 66.2 Å². The Balaban J connectivity index is 2.19. The third-order valence-corrected chi connectivity index (χ3v) is 6.64. The number of carbonyl (C=O) groups excluding carboxylic acids is 3. The van der Waals surface area contributed by atoms with Gasteiger partial charge in [0.25, 0.3) is 0 Å². The number of halogens is 5. The van der Waals surface area contributed by atoms with E-state index in [1.807, 2.05) is 0 Å². The molecule has 0 aliphatic carbocycles. The number of hydrogen-bond acceptors (Lipinski definition) is 8. The molecule has 2 aromatic carbocycles. The number of aryl methyl sites for hydroxylation is 1. The first-order valence-electron chi connectivity index (χ1n) is 13.4. The van der Waals surface area contributed by atoms with Crippen LogP contribution in [-0.4, -0.2) is 77.9 Å². The molecule has 236 valence electrons. The second-order valence-corrected chi connectivity index (χ2v) is 9.90. The van der Waals surface area contributed by atoms with Crippen molar-refractivity contribution in [2.75, 3.05) is 26.2 Å². The molecule has 0 spiro atoms. The van der Waals surface area contributed by atoms with Gasteiger partial charge in [0.15, 0.2) is 17.4 Å². The van der Waals surface area contributed by atoms with Crippen LogP contribution in [0.25, 0.3) is 0 Å². The van der Waals surface area contributed by atoms with Crippen molar-refractivity contribution in [3.63, 3.8) is 0 Å². The first kappa shape index (κ1) is 35.8. The van der Waals surface area contributed by atoms with Crippen LogP contribution in [0.3, 0.4) is 0 Å². The summed E-state index contributed by atoms with van der Waals surface area (Å²) in [6.07, 6.45) is -5.35. The molecule has 0 fully saturated rings. The van der Waals surface area contributed by atoms with Crippen LogP contribution in [0, 0.1) is 11.6 Å². The van der Waals surface area contributed by atoms with Crippen LogP contribution in [0.15, 0.2) is 36.4 Å². The maximum absolute atomic E-state index is 14.0. The van der Waals surface area contributed by atoms with E-state index in [9.17, 15) is 46.4 Å². The molecule has 0 aromatic heterocycles. The first-order valence-corrected chi connectivity index (χ1v) is 13.4. The molecule has 2 aromatic rings. The van der Waals surface area contributed by atoms with Gasteiger partial charge in [0, 0.05) is 44.5 Å². The van der Waals surface area contributed by atoms with Gasteiger partial charge >= 0.3 is 13.3 Å². The molecule has 0 radical (unpaired) electrons. The van der Waals surface area contributed by atoms with Crippen molar-refractivity contribution in [1.82, 2.24) is 10.2 Å². The van der Waals surface area contributed by atoms with Crippen molar-refractivity contribution < 1.29 is 46.4 Å². The third kappa shape index (κ3) is 11.0. The van der Waals surface area contributed by atoms with Gasteiger partial charge in [-0.05, 0) is 48.6 Å². The molecule has 9 N–H and O–H groups in total. The Morgan fingerprint density at radius 3 is 2.09 bits per heavy atom. The Morgan fingerprint density at radius 2 is 1.56 bits per heavy atom. The lowest BCUT2D eigenvalue weighted by atomic mass is 9.78. The Hall–Kier alpha value is -3.44. The fourth-order valence-corrected chi connectivity index (χ4v) is 4.29. The maximum Gasteiger partial charge on any atom is 0.491 e. The van der Waals surface area contributed by atoms with Gasteiger partial charge in [-0.2, -0.15) is 13.2 Å². The minimum Gasteiger partial charge on any atom is -0.423 e. The number of amides is 2. The highest BCUT2D eigenvalue weighted by Crippen LogP contribution is 2.29. The summed E-state index contributed by atoms with van der Waals surface area (Å²) in [4.78, 5) is 40.0. The van der Waals surface area contributed by atoms with E-state index >= 15 is 0 Å². The number of carbonyl (C=O) groups is 3. The zero-order valence-corrected chi connectivity index (χ0v) is 23.2. The molecule has 2 amide bonds. The van der Waals surface area contributed by atoms with Gasteiger partial charge in [0.1, 0.15) is 0 Å². The molecule has 0 heterocycles. The quantitative estimate of drug-likeness (QED) is 0.110. The normalized spacial score (nSPS) is 12.9. The van der Waals surface area contributed by atoms with Crippen LogP contribution in [-0.2, 0) is 33.4 Å². The lowest BCUT2D eigenvalue weighted by molar-refractivity contribution is -0.137. The summed E-state index contributed by atoms with van der Waals surface area (Å²) < 4.78 is 66.7. The van der Waals surface area contributed by atoms with Gasteiger partial charge < -0.3 is 37.5 Å². The summed E-state index contributed by atoms with van der Waals surface area (Å²) in [5, 5.41) is 21.1. The third-order valence-electron chi connectivity index (χ3n) is 6.64. The van der Waals surface area contributed by atoms with Gasteiger partial charge in [-0.1, -0.05) is 18.2 Å². The second kappa shape index (κ2) is 16.4. The van der Waals surface area contributed by atoms with Gasteiger partial charge in [-0.15, -0.1) is 0 Å². The summed E-state index contributed by atoms with van der Waals surface area (Å²) in [5.41, 5.74) is 15.6. The van der Waals surface area contributed by atoms with Crippen LogP contribution >= 0.6 is 0 Å². The number of nitrogens with one attached hydrogen (secondary N) is 1. The fourth-order valence-electron chi connectivity index (χ4n) is 4.29. The number of nitrogens with two attached hydrogens (primary N) is 3. The van der Waals surface area contributed by atoms with Crippen LogP contribution in [0.1, 0.15) is 36.0 Å². The summed E-state index contributed by atoms with van der Waals surface area (Å²) in [6, 6.07) is 3.30. The van der Waals surface area contributed by atoms with Crippen molar-refractivity contribution in [2.24, 2.45) is 17.2 Å². The molecule has 0 unspecified atom stereocenters. The number of benzene rings is 2. The van der Waals surface area contributed by atoms with Crippen molar-refractivity contribution in [1.29, 1.82) is 0 Å². The van der Waals surface area contributed by atoms with E-state index in [-0.39, 0.29) is 63.3 Å². The van der Waals surface area contributed by atoms with E-state index in [2.05, 4.69) is 5.32 Å². The van der Waals surface area contributed by atoms with E-state index in [1.165, 1.54) is 17.0 Å². The number of alkyl halides is 3. The largest absolute Gasteiger partial charge is 0.491 e. The molecule has 16 heteroatoms. The summed E-state index contributed by atoms with van der Waals surface area (Å²) in [7, 11) is -2.36. The zero-order chi connectivity index (χ0) is 32.3. The minimum absolute atomic E-state index is 0.0497. The van der Waals surface area contributed by atoms with Crippen molar-refractivity contribution in [2.45, 2.75) is 50.4 Å². The van der Waals surface area contributed by atoms with Crippen molar-refractivity contribution in [3.8, 4) is 0 Å². The standard InChI is InChI=1S/C27H35BF5N5O5/c29-20-14-17(13-19(25(20)30)28(42)43)15-23(39)22(7-3-16-1-4-18(5-2-16)27(31,32)33)37-26(41)21(36)6-8-24(40)38(11-9-34)12-10-35/h1-2,4-5,13-14,21-22,42-43H,3,6-12,15,34-36H2,(H,37,41)/t21-,22+/m0/s1. The average molecular weight is 615 g/mol. The molecule has 0 aliphatic heterocycles. The molecular weight excluding hydrogens is 580 g/mol. The van der Waals surface area contributed by atoms with E-state index in [0.29, 0.717) is 11.6 Å². The minimum atomic E-state index is -4.54. The van der Waals surface area contributed by atoms with E-state index in [1.54, 1.807) is 0 Å². The van der Waals surface area contributed by atoms with E-state index in [0.717, 1.165) is 18.2 Å². The summed E-state index contributed by atoms with van der Waals surface area (Å²) >= 11 is 0. The number of Topliss-reactive ketones (excluding diaryl/α,β-unsaturated/α-hetero) is 1. The highest BCUT2D eigenvalue weighted by atomic mass is 19.4. The molecule has 0 saturated carbocycles.